The van der Waals surface area contributed by atoms with Crippen molar-refractivity contribution in [2.24, 2.45) is 5.92 Å². The topological polar surface area (TPSA) is 87.9 Å². The van der Waals surface area contributed by atoms with Gasteiger partial charge in [-0.15, -0.1) is 0 Å². The summed E-state index contributed by atoms with van der Waals surface area (Å²) < 4.78 is 8.20. The molecule has 8 heteroatoms. The van der Waals surface area contributed by atoms with Crippen LogP contribution in [0.5, 0.6) is 11.5 Å². The van der Waals surface area contributed by atoms with Gasteiger partial charge in [-0.2, -0.15) is 0 Å². The van der Waals surface area contributed by atoms with Crippen molar-refractivity contribution in [2.45, 2.75) is 32.4 Å². The molecule has 4 aromatic rings. The van der Waals surface area contributed by atoms with E-state index >= 15 is 0 Å². The van der Waals surface area contributed by atoms with Crippen molar-refractivity contribution in [3.05, 3.63) is 89.7 Å². The largest absolute Gasteiger partial charge is 0.481 e. The zero-order chi connectivity index (χ0) is 26.8. The highest BCUT2D eigenvalue weighted by Crippen LogP contribution is 2.31. The SMILES string of the molecule is O=C(O)C1CCN(CC(=O)N2CCc3c(n(Cc4ccc(Oc5ccccc5)cc4)c4ncccc34)C2)CC1. The van der Waals surface area contributed by atoms with Crippen LogP contribution in [0.1, 0.15) is 29.7 Å². The molecule has 2 aliphatic rings. The molecule has 2 aromatic carbocycles. The van der Waals surface area contributed by atoms with E-state index in [0.29, 0.717) is 52.1 Å². The normalized spacial score (nSPS) is 16.3. The summed E-state index contributed by atoms with van der Waals surface area (Å²) in [6.07, 6.45) is 3.82. The number of nitrogens with zero attached hydrogens (tertiary/aromatic N) is 4. The summed E-state index contributed by atoms with van der Waals surface area (Å²) in [4.78, 5) is 33.3. The first-order valence-electron chi connectivity index (χ1n) is 13.5. The first-order valence-corrected chi connectivity index (χ1v) is 13.5. The zero-order valence-corrected chi connectivity index (χ0v) is 21.8. The van der Waals surface area contributed by atoms with E-state index in [1.165, 1.54) is 5.56 Å². The van der Waals surface area contributed by atoms with Crippen molar-refractivity contribution in [1.29, 1.82) is 0 Å². The second kappa shape index (κ2) is 10.9. The third-order valence-electron chi connectivity index (χ3n) is 7.91. The molecule has 1 N–H and O–H groups in total. The quantitative estimate of drug-likeness (QED) is 0.382. The van der Waals surface area contributed by atoms with Gasteiger partial charge in [-0.25, -0.2) is 4.98 Å². The fourth-order valence-electron chi connectivity index (χ4n) is 5.74. The van der Waals surface area contributed by atoms with Gasteiger partial charge in [-0.05, 0) is 79.9 Å². The number of pyridine rings is 1. The molecule has 200 valence electrons. The molecule has 0 saturated carbocycles. The van der Waals surface area contributed by atoms with Gasteiger partial charge in [0.25, 0.3) is 0 Å². The number of likely N-dealkylation sites (tertiary alicyclic amines) is 1. The second-order valence-electron chi connectivity index (χ2n) is 10.4. The summed E-state index contributed by atoms with van der Waals surface area (Å²) in [5, 5.41) is 10.4. The minimum absolute atomic E-state index is 0.0987. The Labute approximate surface area is 227 Å². The van der Waals surface area contributed by atoms with Crippen LogP contribution in [0.3, 0.4) is 0 Å². The Morgan fingerprint density at radius 1 is 0.923 bits per heavy atom. The standard InChI is InChI=1S/C31H32N4O4/c36-29(21-33-16-12-23(13-17-33)31(37)38)34-18-14-26-27-7-4-15-32-30(27)35(28(26)20-34)19-22-8-10-25(11-9-22)39-24-5-2-1-3-6-24/h1-11,15,23H,12-14,16-21H2,(H,37,38). The number of para-hydroxylation sites is 1. The summed E-state index contributed by atoms with van der Waals surface area (Å²) in [5.74, 6) is 0.657. The maximum atomic E-state index is 13.3. The number of fused-ring (bicyclic) bond motifs is 3. The number of aromatic nitrogens is 2. The molecule has 2 aliphatic heterocycles. The molecule has 39 heavy (non-hydrogen) atoms. The number of amides is 1. The highest BCUT2D eigenvalue weighted by atomic mass is 16.5. The van der Waals surface area contributed by atoms with Crippen LogP contribution in [0.15, 0.2) is 72.9 Å². The third-order valence-corrected chi connectivity index (χ3v) is 7.91. The first kappa shape index (κ1) is 25.1. The fraction of sp³-hybridized carbons (Fsp3) is 0.323. The van der Waals surface area contributed by atoms with E-state index in [4.69, 9.17) is 9.72 Å². The van der Waals surface area contributed by atoms with Crippen LogP contribution >= 0.6 is 0 Å². The number of rotatable bonds is 7. The van der Waals surface area contributed by atoms with Gasteiger partial charge in [0.05, 0.1) is 19.0 Å². The number of carbonyl (C=O) groups excluding carboxylic acids is 1. The molecule has 2 aromatic heterocycles. The third kappa shape index (κ3) is 5.38. The van der Waals surface area contributed by atoms with Crippen LogP contribution in [-0.4, -0.2) is 62.5 Å². The predicted molar refractivity (Wildman–Crippen MR) is 148 cm³/mol. The number of carboxylic acid groups (broad SMARTS) is 1. The molecule has 8 nitrogen and oxygen atoms in total. The zero-order valence-electron chi connectivity index (χ0n) is 21.8. The Balaban J connectivity index is 1.18. The molecule has 1 fully saturated rings. The number of hydrogen-bond donors (Lipinski definition) is 1. The minimum atomic E-state index is -0.732. The van der Waals surface area contributed by atoms with Crippen molar-refractivity contribution in [3.63, 3.8) is 0 Å². The van der Waals surface area contributed by atoms with Crippen LogP contribution in [-0.2, 0) is 29.1 Å². The van der Waals surface area contributed by atoms with Gasteiger partial charge in [-0.1, -0.05) is 30.3 Å². The monoisotopic (exact) mass is 524 g/mol. The molecular formula is C31H32N4O4. The lowest BCUT2D eigenvalue weighted by Gasteiger charge is -2.33. The summed E-state index contributed by atoms with van der Waals surface area (Å²) in [6, 6.07) is 21.9. The van der Waals surface area contributed by atoms with E-state index in [2.05, 4.69) is 27.7 Å². The number of benzene rings is 2. The lowest BCUT2D eigenvalue weighted by atomic mass is 9.97. The minimum Gasteiger partial charge on any atom is -0.481 e. The van der Waals surface area contributed by atoms with Gasteiger partial charge >= 0.3 is 5.97 Å². The molecule has 0 spiro atoms. The summed E-state index contributed by atoms with van der Waals surface area (Å²) in [7, 11) is 0. The molecule has 0 atom stereocenters. The van der Waals surface area contributed by atoms with Crippen molar-refractivity contribution in [1.82, 2.24) is 19.4 Å². The van der Waals surface area contributed by atoms with E-state index in [9.17, 15) is 14.7 Å². The van der Waals surface area contributed by atoms with E-state index in [1.54, 1.807) is 0 Å². The lowest BCUT2D eigenvalue weighted by molar-refractivity contribution is -0.143. The lowest BCUT2D eigenvalue weighted by Crippen LogP contribution is -2.45. The predicted octanol–water partition coefficient (Wildman–Crippen LogP) is 4.56. The maximum absolute atomic E-state index is 13.3. The molecular weight excluding hydrogens is 492 g/mol. The average molecular weight is 525 g/mol. The Hall–Kier alpha value is -4.17. The van der Waals surface area contributed by atoms with E-state index in [0.717, 1.165) is 40.2 Å². The van der Waals surface area contributed by atoms with Crippen molar-refractivity contribution in [2.75, 3.05) is 26.2 Å². The molecule has 0 bridgehead atoms. The number of ether oxygens (including phenoxy) is 1. The molecule has 4 heterocycles. The van der Waals surface area contributed by atoms with Crippen LogP contribution in [0, 0.1) is 5.92 Å². The van der Waals surface area contributed by atoms with E-state index in [-0.39, 0.29) is 11.8 Å². The Morgan fingerprint density at radius 3 is 2.41 bits per heavy atom. The van der Waals surface area contributed by atoms with Gasteiger partial charge in [0.1, 0.15) is 17.1 Å². The highest BCUT2D eigenvalue weighted by Gasteiger charge is 2.30. The Bertz CT molecular complexity index is 1470. The number of piperidine rings is 1. The number of aliphatic carboxylic acids is 1. The molecule has 0 aliphatic carbocycles. The molecule has 6 rings (SSSR count). The average Bonchev–Trinajstić information content (AvgIpc) is 3.27. The summed E-state index contributed by atoms with van der Waals surface area (Å²) in [6.45, 7) is 3.51. The highest BCUT2D eigenvalue weighted by molar-refractivity contribution is 5.84. The van der Waals surface area contributed by atoms with Gasteiger partial charge in [0.15, 0.2) is 0 Å². The summed E-state index contributed by atoms with van der Waals surface area (Å²) in [5.41, 5.74) is 4.48. The first-order chi connectivity index (χ1) is 19.0. The van der Waals surface area contributed by atoms with Crippen LogP contribution < -0.4 is 4.74 Å². The number of carboxylic acids is 1. The second-order valence-corrected chi connectivity index (χ2v) is 10.4. The fourth-order valence-corrected chi connectivity index (χ4v) is 5.74. The van der Waals surface area contributed by atoms with E-state index < -0.39 is 5.97 Å². The van der Waals surface area contributed by atoms with Crippen LogP contribution in [0.4, 0.5) is 0 Å². The van der Waals surface area contributed by atoms with Crippen molar-refractivity contribution >= 4 is 22.9 Å². The van der Waals surface area contributed by atoms with Crippen molar-refractivity contribution < 1.29 is 19.4 Å². The molecule has 0 unspecified atom stereocenters. The Morgan fingerprint density at radius 2 is 1.67 bits per heavy atom. The maximum Gasteiger partial charge on any atom is 0.306 e. The molecule has 1 saturated heterocycles. The van der Waals surface area contributed by atoms with Gasteiger partial charge in [0, 0.05) is 30.4 Å². The molecule has 1 amide bonds. The van der Waals surface area contributed by atoms with Crippen LogP contribution in [0.2, 0.25) is 0 Å². The van der Waals surface area contributed by atoms with Crippen LogP contribution in [0.25, 0.3) is 11.0 Å². The van der Waals surface area contributed by atoms with E-state index in [1.807, 2.05) is 59.6 Å². The smallest absolute Gasteiger partial charge is 0.306 e. The van der Waals surface area contributed by atoms with Crippen molar-refractivity contribution in [3.8, 4) is 11.5 Å². The number of carbonyl (C=O) groups is 2. The van der Waals surface area contributed by atoms with Gasteiger partial charge in [0.2, 0.25) is 5.91 Å². The van der Waals surface area contributed by atoms with Gasteiger partial charge in [-0.3, -0.25) is 14.5 Å². The number of hydrogen-bond acceptors (Lipinski definition) is 5. The van der Waals surface area contributed by atoms with Gasteiger partial charge < -0.3 is 19.3 Å². The Kier molecular flexibility index (Phi) is 7.02. The molecule has 0 radical (unpaired) electrons. The summed E-state index contributed by atoms with van der Waals surface area (Å²) >= 11 is 0.